The summed E-state index contributed by atoms with van der Waals surface area (Å²) in [7, 11) is 1.54. The Bertz CT molecular complexity index is 380. The second-order valence-electron chi connectivity index (χ2n) is 4.78. The second kappa shape index (κ2) is 6.84. The van der Waals surface area contributed by atoms with Crippen LogP contribution in [0.15, 0.2) is 24.3 Å². The molecular weight excluding hydrogens is 247 g/mol. The Labute approximate surface area is 113 Å². The van der Waals surface area contributed by atoms with Crippen LogP contribution in [0.2, 0.25) is 0 Å². The molecule has 4 nitrogen and oxygen atoms in total. The van der Waals surface area contributed by atoms with Crippen LogP contribution in [0.25, 0.3) is 0 Å². The van der Waals surface area contributed by atoms with Gasteiger partial charge in [0.25, 0.3) is 0 Å². The fourth-order valence-corrected chi connectivity index (χ4v) is 2.30. The Kier molecular flexibility index (Phi) is 5.13. The summed E-state index contributed by atoms with van der Waals surface area (Å²) in [5, 5.41) is 3.25. The van der Waals surface area contributed by atoms with Crippen molar-refractivity contribution in [2.75, 3.05) is 26.9 Å². The van der Waals surface area contributed by atoms with Crippen molar-refractivity contribution in [3.8, 4) is 5.75 Å². The van der Waals surface area contributed by atoms with Crippen molar-refractivity contribution in [1.82, 2.24) is 5.32 Å². The van der Waals surface area contributed by atoms with E-state index in [1.54, 1.807) is 0 Å². The third-order valence-electron chi connectivity index (χ3n) is 3.35. The summed E-state index contributed by atoms with van der Waals surface area (Å²) in [6, 6.07) is 6.87. The van der Waals surface area contributed by atoms with Crippen LogP contribution >= 0.6 is 0 Å². The number of rotatable bonds is 6. The highest BCUT2D eigenvalue weighted by Crippen LogP contribution is 2.23. The maximum Gasteiger partial charge on any atom is 0.119 e. The average Bonchev–Trinajstić information content (AvgIpc) is 2.94. The summed E-state index contributed by atoms with van der Waals surface area (Å²) in [4.78, 5) is 0. The largest absolute Gasteiger partial charge is 0.489 e. The highest BCUT2D eigenvalue weighted by molar-refractivity contribution is 5.29. The third kappa shape index (κ3) is 3.65. The fourth-order valence-electron chi connectivity index (χ4n) is 2.30. The maximum absolute atomic E-state index is 12.6. The SMILES string of the molecule is COC(c1ccc(OC2CCNC2)cc1)C(N)CF. The van der Waals surface area contributed by atoms with Crippen molar-refractivity contribution >= 4 is 0 Å². The van der Waals surface area contributed by atoms with E-state index in [0.29, 0.717) is 0 Å². The Hall–Kier alpha value is -1.17. The lowest BCUT2D eigenvalue weighted by Crippen LogP contribution is -2.31. The van der Waals surface area contributed by atoms with Gasteiger partial charge in [0.1, 0.15) is 18.5 Å². The maximum atomic E-state index is 12.6. The molecule has 0 amide bonds. The first-order valence-corrected chi connectivity index (χ1v) is 6.56. The predicted molar refractivity (Wildman–Crippen MR) is 72.0 cm³/mol. The quantitative estimate of drug-likeness (QED) is 0.819. The lowest BCUT2D eigenvalue weighted by atomic mass is 10.0. The summed E-state index contributed by atoms with van der Waals surface area (Å²) in [6.45, 7) is 1.28. The van der Waals surface area contributed by atoms with Crippen LogP contribution in [0, 0.1) is 0 Å². The lowest BCUT2D eigenvalue weighted by molar-refractivity contribution is 0.0720. The van der Waals surface area contributed by atoms with Crippen molar-refractivity contribution < 1.29 is 13.9 Å². The number of hydrogen-bond acceptors (Lipinski definition) is 4. The molecule has 3 unspecified atom stereocenters. The zero-order chi connectivity index (χ0) is 13.7. The highest BCUT2D eigenvalue weighted by atomic mass is 19.1. The predicted octanol–water partition coefficient (Wildman–Crippen LogP) is 1.41. The Morgan fingerprint density at radius 3 is 2.68 bits per heavy atom. The molecule has 1 heterocycles. The molecule has 1 fully saturated rings. The number of benzene rings is 1. The molecule has 3 atom stereocenters. The molecule has 1 aromatic rings. The van der Waals surface area contributed by atoms with Gasteiger partial charge in [0.05, 0.1) is 12.1 Å². The zero-order valence-corrected chi connectivity index (χ0v) is 11.1. The first-order valence-electron chi connectivity index (χ1n) is 6.56. The molecule has 19 heavy (non-hydrogen) atoms. The number of nitrogens with one attached hydrogen (secondary N) is 1. The Morgan fingerprint density at radius 2 is 2.16 bits per heavy atom. The van der Waals surface area contributed by atoms with Gasteiger partial charge in [0.2, 0.25) is 0 Å². The molecule has 0 spiro atoms. The van der Waals surface area contributed by atoms with Crippen LogP contribution in [0.3, 0.4) is 0 Å². The smallest absolute Gasteiger partial charge is 0.119 e. The third-order valence-corrected chi connectivity index (χ3v) is 3.35. The van der Waals surface area contributed by atoms with Gasteiger partial charge in [-0.05, 0) is 30.7 Å². The molecule has 5 heteroatoms. The summed E-state index contributed by atoms with van der Waals surface area (Å²) >= 11 is 0. The molecule has 106 valence electrons. The van der Waals surface area contributed by atoms with Gasteiger partial charge >= 0.3 is 0 Å². The normalized spacial score (nSPS) is 22.2. The van der Waals surface area contributed by atoms with Gasteiger partial charge in [0, 0.05) is 13.7 Å². The van der Waals surface area contributed by atoms with E-state index < -0.39 is 18.8 Å². The summed E-state index contributed by atoms with van der Waals surface area (Å²) in [6.07, 6.45) is 0.833. The van der Waals surface area contributed by atoms with Gasteiger partial charge in [-0.25, -0.2) is 4.39 Å². The van der Waals surface area contributed by atoms with Crippen LogP contribution in [0.1, 0.15) is 18.1 Å². The Morgan fingerprint density at radius 1 is 1.42 bits per heavy atom. The lowest BCUT2D eigenvalue weighted by Gasteiger charge is -2.21. The number of methoxy groups -OCH3 is 1. The van der Waals surface area contributed by atoms with E-state index in [1.165, 1.54) is 7.11 Å². The molecule has 2 rings (SSSR count). The minimum absolute atomic E-state index is 0.233. The van der Waals surface area contributed by atoms with Crippen molar-refractivity contribution in [2.24, 2.45) is 5.73 Å². The first kappa shape index (κ1) is 14.2. The molecule has 0 aliphatic carbocycles. The molecule has 0 aromatic heterocycles. The monoisotopic (exact) mass is 268 g/mol. The van der Waals surface area contributed by atoms with E-state index in [1.807, 2.05) is 24.3 Å². The average molecular weight is 268 g/mol. The summed E-state index contributed by atoms with van der Waals surface area (Å²) in [5.74, 6) is 0.820. The van der Waals surface area contributed by atoms with Gasteiger partial charge in [-0.15, -0.1) is 0 Å². The minimum atomic E-state index is -0.643. The van der Waals surface area contributed by atoms with Gasteiger partial charge in [-0.1, -0.05) is 12.1 Å². The molecular formula is C14H21FN2O2. The second-order valence-corrected chi connectivity index (χ2v) is 4.78. The molecule has 1 aromatic carbocycles. The molecule has 1 aliphatic heterocycles. The first-order chi connectivity index (χ1) is 9.24. The van der Waals surface area contributed by atoms with E-state index in [4.69, 9.17) is 15.2 Å². The summed E-state index contributed by atoms with van der Waals surface area (Å²) < 4.78 is 23.7. The van der Waals surface area contributed by atoms with E-state index >= 15 is 0 Å². The number of ether oxygens (including phenoxy) is 2. The fraction of sp³-hybridized carbons (Fsp3) is 0.571. The van der Waals surface area contributed by atoms with E-state index in [-0.39, 0.29) is 6.10 Å². The number of nitrogens with two attached hydrogens (primary N) is 1. The molecule has 1 aliphatic rings. The minimum Gasteiger partial charge on any atom is -0.489 e. The number of hydrogen-bond donors (Lipinski definition) is 2. The van der Waals surface area contributed by atoms with E-state index in [2.05, 4.69) is 5.32 Å². The highest BCUT2D eigenvalue weighted by Gasteiger charge is 2.20. The van der Waals surface area contributed by atoms with Crippen molar-refractivity contribution in [3.05, 3.63) is 29.8 Å². The Balaban J connectivity index is 2.00. The zero-order valence-electron chi connectivity index (χ0n) is 11.1. The number of halogens is 1. The van der Waals surface area contributed by atoms with Crippen LogP contribution in [0.4, 0.5) is 4.39 Å². The summed E-state index contributed by atoms with van der Waals surface area (Å²) in [5.41, 5.74) is 6.56. The van der Waals surface area contributed by atoms with Crippen LogP contribution in [-0.4, -0.2) is 39.0 Å². The molecule has 0 saturated carbocycles. The van der Waals surface area contributed by atoms with E-state index in [0.717, 1.165) is 30.8 Å². The standard InChI is InChI=1S/C14H21FN2O2/c1-18-14(13(16)8-15)10-2-4-11(5-3-10)19-12-6-7-17-9-12/h2-5,12-14,17H,6-9,16H2,1H3. The van der Waals surface area contributed by atoms with Crippen molar-refractivity contribution in [3.63, 3.8) is 0 Å². The molecule has 0 radical (unpaired) electrons. The van der Waals surface area contributed by atoms with E-state index in [9.17, 15) is 4.39 Å². The van der Waals surface area contributed by atoms with Gasteiger partial charge in [0.15, 0.2) is 0 Å². The van der Waals surface area contributed by atoms with Crippen LogP contribution < -0.4 is 15.8 Å². The number of alkyl halides is 1. The van der Waals surface area contributed by atoms with Crippen LogP contribution in [-0.2, 0) is 4.74 Å². The molecule has 1 saturated heterocycles. The topological polar surface area (TPSA) is 56.5 Å². The molecule has 0 bridgehead atoms. The van der Waals surface area contributed by atoms with Crippen LogP contribution in [0.5, 0.6) is 5.75 Å². The van der Waals surface area contributed by atoms with Crippen molar-refractivity contribution in [2.45, 2.75) is 24.7 Å². The van der Waals surface area contributed by atoms with Gasteiger partial charge in [-0.3, -0.25) is 0 Å². The van der Waals surface area contributed by atoms with Gasteiger partial charge in [-0.2, -0.15) is 0 Å². The molecule has 3 N–H and O–H groups in total. The van der Waals surface area contributed by atoms with Crippen molar-refractivity contribution in [1.29, 1.82) is 0 Å². The van der Waals surface area contributed by atoms with Gasteiger partial charge < -0.3 is 20.5 Å².